The van der Waals surface area contributed by atoms with Crippen molar-refractivity contribution < 1.29 is 18.9 Å². The van der Waals surface area contributed by atoms with Crippen molar-refractivity contribution in [2.75, 3.05) is 18.6 Å². The van der Waals surface area contributed by atoms with E-state index < -0.39 is 16.2 Å². The highest BCUT2D eigenvalue weighted by molar-refractivity contribution is 7.84. The van der Waals surface area contributed by atoms with E-state index >= 15 is 0 Å². The molecule has 5 nitrogen and oxygen atoms in total. The van der Waals surface area contributed by atoms with Gasteiger partial charge < -0.3 is 4.74 Å². The number of nitrogens with zero attached hydrogens (tertiary/aromatic N) is 1. The lowest BCUT2D eigenvalue weighted by Crippen LogP contribution is -2.36. The fourth-order valence-electron chi connectivity index (χ4n) is 4.84. The van der Waals surface area contributed by atoms with E-state index in [-0.39, 0.29) is 5.91 Å². The molecule has 168 valence electrons. The van der Waals surface area contributed by atoms with Crippen LogP contribution in [0.25, 0.3) is 0 Å². The van der Waals surface area contributed by atoms with Crippen molar-refractivity contribution in [2.24, 2.45) is 17.3 Å². The first kappa shape index (κ1) is 24.5. The van der Waals surface area contributed by atoms with Crippen molar-refractivity contribution in [1.29, 1.82) is 0 Å². The summed E-state index contributed by atoms with van der Waals surface area (Å²) in [5, 5.41) is 10.1. The van der Waals surface area contributed by atoms with Gasteiger partial charge in [0.2, 0.25) is 0 Å². The first-order valence-electron chi connectivity index (χ1n) is 11.4. The third kappa shape index (κ3) is 7.18. The van der Waals surface area contributed by atoms with Crippen LogP contribution in [-0.2, 0) is 20.3 Å². The topological polar surface area (TPSA) is 66.8 Å². The maximum Gasteiger partial charge on any atom is 0.251 e. The number of carbonyl (C=O) groups excluding carboxylic acids is 1. The monoisotopic (exact) mass is 427 g/mol. The molecule has 2 heterocycles. The second kappa shape index (κ2) is 11.6. The molecule has 2 rings (SSSR count). The van der Waals surface area contributed by atoms with Gasteiger partial charge in [0.1, 0.15) is 0 Å². The van der Waals surface area contributed by atoms with Crippen molar-refractivity contribution in [3.63, 3.8) is 0 Å². The first-order valence-corrected chi connectivity index (χ1v) is 12.9. The van der Waals surface area contributed by atoms with Gasteiger partial charge in [0.15, 0.2) is 0 Å². The van der Waals surface area contributed by atoms with Crippen LogP contribution in [0.4, 0.5) is 0 Å². The van der Waals surface area contributed by atoms with Gasteiger partial charge in [0.25, 0.3) is 5.91 Å². The van der Waals surface area contributed by atoms with Crippen LogP contribution in [0.3, 0.4) is 0 Å². The van der Waals surface area contributed by atoms with Crippen LogP contribution < -0.4 is 0 Å². The molecule has 2 bridgehead atoms. The van der Waals surface area contributed by atoms with E-state index in [1.165, 1.54) is 19.9 Å². The fraction of sp³-hybridized carbons (Fsp3) is 0.870. The van der Waals surface area contributed by atoms with Gasteiger partial charge in [-0.2, -0.15) is 0 Å². The van der Waals surface area contributed by atoms with Gasteiger partial charge in [-0.1, -0.05) is 45.8 Å². The molecule has 0 aromatic rings. The highest BCUT2D eigenvalue weighted by atomic mass is 32.2. The van der Waals surface area contributed by atoms with E-state index in [1.54, 1.807) is 0 Å². The van der Waals surface area contributed by atoms with Crippen molar-refractivity contribution in [2.45, 2.75) is 90.8 Å². The average Bonchev–Trinajstić information content (AvgIpc) is 3.27. The Morgan fingerprint density at radius 3 is 2.52 bits per heavy atom. The molecule has 0 radical (unpaired) electrons. The number of allylic oxidation sites excluding steroid dienone is 2. The quantitative estimate of drug-likeness (QED) is 0.200. The smallest absolute Gasteiger partial charge is 0.251 e. The maximum absolute atomic E-state index is 12.3. The molecule has 0 saturated carbocycles. The molecule has 6 heteroatoms. The molecule has 1 amide bonds. The number of rotatable bonds is 13. The second-order valence-electron chi connectivity index (χ2n) is 9.42. The molecule has 1 N–H and O–H groups in total. The van der Waals surface area contributed by atoms with E-state index in [0.29, 0.717) is 35.5 Å². The standard InChI is InChI=1S/C23H41NO4S/c1-5-6-10-16-29(27)17-14-19-18(20-12-13-21(19)28-20)11-8-7-9-15-23(2,3)22(25)24(4)26/h7-8,18-21,26H,5-6,9-17H2,1-4H3/b8-7-/t18-,19+,20-,21+,29?/m0/s1. The Morgan fingerprint density at radius 2 is 1.86 bits per heavy atom. The summed E-state index contributed by atoms with van der Waals surface area (Å²) in [4.78, 5) is 12.0. The number of hydrogen-bond donors (Lipinski definition) is 1. The molecule has 1 unspecified atom stereocenters. The Labute approximate surface area is 179 Å². The number of hydroxylamine groups is 2. The Bertz CT molecular complexity index is 575. The van der Waals surface area contributed by atoms with Gasteiger partial charge in [-0.25, -0.2) is 5.06 Å². The molecule has 29 heavy (non-hydrogen) atoms. The number of ether oxygens (including phenoxy) is 1. The molecule has 0 spiro atoms. The van der Waals surface area contributed by atoms with E-state index in [4.69, 9.17) is 4.74 Å². The minimum atomic E-state index is -0.692. The van der Waals surface area contributed by atoms with E-state index in [9.17, 15) is 14.2 Å². The van der Waals surface area contributed by atoms with Gasteiger partial charge in [-0.3, -0.25) is 14.2 Å². The fourth-order valence-corrected chi connectivity index (χ4v) is 6.11. The van der Waals surface area contributed by atoms with Crippen LogP contribution in [0, 0.1) is 17.3 Å². The summed E-state index contributed by atoms with van der Waals surface area (Å²) in [5.74, 6) is 2.48. The van der Waals surface area contributed by atoms with Crippen molar-refractivity contribution in [1.82, 2.24) is 5.06 Å². The predicted molar refractivity (Wildman–Crippen MR) is 118 cm³/mol. The SMILES string of the molecule is CCCCCS(=O)CC[C@@H]1[C@H](C/C=C\CCC(C)(C)C(=O)N(C)O)[C@@H]2CC[C@H]1O2. The summed E-state index contributed by atoms with van der Waals surface area (Å²) in [6.07, 6.45) is 14.4. The minimum absolute atomic E-state index is 0.251. The van der Waals surface area contributed by atoms with Gasteiger partial charge in [-0.15, -0.1) is 0 Å². The molecule has 0 aromatic heterocycles. The largest absolute Gasteiger partial charge is 0.374 e. The van der Waals surface area contributed by atoms with Crippen LogP contribution in [0.15, 0.2) is 12.2 Å². The van der Waals surface area contributed by atoms with Gasteiger partial charge in [0, 0.05) is 34.8 Å². The molecule has 2 saturated heterocycles. The Morgan fingerprint density at radius 1 is 1.17 bits per heavy atom. The van der Waals surface area contributed by atoms with E-state index in [2.05, 4.69) is 19.1 Å². The molecule has 5 atom stereocenters. The number of amides is 1. The zero-order valence-electron chi connectivity index (χ0n) is 18.8. The van der Waals surface area contributed by atoms with Crippen LogP contribution >= 0.6 is 0 Å². The lowest BCUT2D eigenvalue weighted by atomic mass is 9.76. The molecule has 2 fully saturated rings. The summed E-state index contributed by atoms with van der Waals surface area (Å²) < 4.78 is 18.5. The van der Waals surface area contributed by atoms with Crippen molar-refractivity contribution >= 4 is 16.7 Å². The molecule has 2 aliphatic heterocycles. The summed E-state index contributed by atoms with van der Waals surface area (Å²) in [6, 6.07) is 0. The lowest BCUT2D eigenvalue weighted by molar-refractivity contribution is -0.169. The molecular formula is C23H41NO4S. The number of fused-ring (bicyclic) bond motifs is 2. The van der Waals surface area contributed by atoms with Gasteiger partial charge in [0.05, 0.1) is 12.2 Å². The van der Waals surface area contributed by atoms with Gasteiger partial charge >= 0.3 is 0 Å². The highest BCUT2D eigenvalue weighted by Crippen LogP contribution is 2.46. The predicted octanol–water partition coefficient (Wildman–Crippen LogP) is 4.71. The summed E-state index contributed by atoms with van der Waals surface area (Å²) in [5.41, 5.74) is -0.562. The van der Waals surface area contributed by atoms with E-state index in [0.717, 1.165) is 50.0 Å². The number of hydrogen-bond acceptors (Lipinski definition) is 4. The number of carbonyl (C=O) groups is 1. The van der Waals surface area contributed by atoms with Crippen molar-refractivity contribution in [3.8, 4) is 0 Å². The van der Waals surface area contributed by atoms with Crippen LogP contribution in [0.2, 0.25) is 0 Å². The number of unbranched alkanes of at least 4 members (excludes halogenated alkanes) is 2. The average molecular weight is 428 g/mol. The molecule has 2 aliphatic rings. The summed E-state index contributed by atoms with van der Waals surface area (Å²) >= 11 is 0. The van der Waals surface area contributed by atoms with Gasteiger partial charge in [-0.05, 0) is 56.8 Å². The summed E-state index contributed by atoms with van der Waals surface area (Å²) in [7, 11) is 0.689. The normalized spacial score (nSPS) is 27.6. The van der Waals surface area contributed by atoms with Crippen molar-refractivity contribution in [3.05, 3.63) is 12.2 Å². The zero-order chi connectivity index (χ0) is 21.4. The third-order valence-corrected chi connectivity index (χ3v) is 8.06. The summed E-state index contributed by atoms with van der Waals surface area (Å²) in [6.45, 7) is 5.92. The highest BCUT2D eigenvalue weighted by Gasteiger charge is 2.47. The Kier molecular flexibility index (Phi) is 9.83. The first-order chi connectivity index (χ1) is 13.8. The van der Waals surface area contributed by atoms with Crippen LogP contribution in [0.5, 0.6) is 0 Å². The molecule has 0 aromatic carbocycles. The Balaban J connectivity index is 1.77. The second-order valence-corrected chi connectivity index (χ2v) is 11.1. The molecular weight excluding hydrogens is 386 g/mol. The van der Waals surface area contributed by atoms with Crippen LogP contribution in [-0.4, -0.2) is 51.1 Å². The Hall–Kier alpha value is -0.720. The maximum atomic E-state index is 12.3. The zero-order valence-corrected chi connectivity index (χ0v) is 19.6. The minimum Gasteiger partial charge on any atom is -0.374 e. The molecule has 0 aliphatic carbocycles. The third-order valence-electron chi connectivity index (χ3n) is 6.63. The lowest BCUT2D eigenvalue weighted by Gasteiger charge is -2.27. The van der Waals surface area contributed by atoms with E-state index in [1.807, 2.05) is 13.8 Å². The van der Waals surface area contributed by atoms with Crippen LogP contribution in [0.1, 0.15) is 78.6 Å².